The molecule has 0 aromatic rings. The average molecular weight is 623 g/mol. The standard InChI is InChI=1S/C32H64NO8P/c1-6-8-10-12-14-16-18-20-22-24-29(35)32(37,30(36)25-23-21-19-17-15-13-11-9-7-2)31(28-34)41-42(38,39)40-27-26-33(3,4)5/h31,34,37H,6-28H2,1-5H3/p+1/t31-/m0/s1. The number of aliphatic hydroxyl groups excluding tert-OH is 1. The summed E-state index contributed by atoms with van der Waals surface area (Å²) in [4.78, 5) is 37.0. The molecule has 250 valence electrons. The van der Waals surface area contributed by atoms with Crippen LogP contribution < -0.4 is 0 Å². The van der Waals surface area contributed by atoms with E-state index in [1.807, 2.05) is 21.1 Å². The molecule has 10 heteroatoms. The molecule has 0 aliphatic rings. The molecule has 0 aromatic carbocycles. The van der Waals surface area contributed by atoms with E-state index in [9.17, 15) is 29.3 Å². The smallest absolute Gasteiger partial charge is 0.394 e. The zero-order valence-corrected chi connectivity index (χ0v) is 28.5. The third-order valence-electron chi connectivity index (χ3n) is 7.77. The highest BCUT2D eigenvalue weighted by atomic mass is 31.2. The number of quaternary nitrogens is 1. The number of carbonyl (C=O) groups is 2. The van der Waals surface area contributed by atoms with Crippen molar-refractivity contribution in [2.24, 2.45) is 0 Å². The van der Waals surface area contributed by atoms with Crippen molar-refractivity contribution in [3.8, 4) is 0 Å². The molecular weight excluding hydrogens is 557 g/mol. The van der Waals surface area contributed by atoms with Gasteiger partial charge in [0.2, 0.25) is 5.60 Å². The van der Waals surface area contributed by atoms with Gasteiger partial charge in [-0.3, -0.25) is 18.6 Å². The van der Waals surface area contributed by atoms with Gasteiger partial charge >= 0.3 is 7.82 Å². The highest BCUT2D eigenvalue weighted by Crippen LogP contribution is 2.46. The summed E-state index contributed by atoms with van der Waals surface area (Å²) in [5, 5.41) is 21.6. The minimum absolute atomic E-state index is 0.0756. The number of unbranched alkanes of at least 4 members (excludes halogenated alkanes) is 16. The Labute approximate surface area is 257 Å². The van der Waals surface area contributed by atoms with Crippen LogP contribution >= 0.6 is 7.82 Å². The molecule has 0 saturated carbocycles. The predicted molar refractivity (Wildman–Crippen MR) is 169 cm³/mol. The van der Waals surface area contributed by atoms with Crippen LogP contribution in [0, 0.1) is 0 Å². The molecule has 1 unspecified atom stereocenters. The Morgan fingerprint density at radius 1 is 0.714 bits per heavy atom. The Kier molecular flexibility index (Phi) is 23.3. The summed E-state index contributed by atoms with van der Waals surface area (Å²) in [5.74, 6) is -1.56. The topological polar surface area (TPSA) is 130 Å². The van der Waals surface area contributed by atoms with E-state index < -0.39 is 37.7 Å². The van der Waals surface area contributed by atoms with Crippen LogP contribution in [0.25, 0.3) is 0 Å². The van der Waals surface area contributed by atoms with Gasteiger partial charge in [-0.1, -0.05) is 117 Å². The Balaban J connectivity index is 5.19. The number of phosphoric acid groups is 1. The number of nitrogens with zero attached hydrogens (tertiary/aromatic N) is 1. The van der Waals surface area contributed by atoms with Crippen molar-refractivity contribution in [1.82, 2.24) is 0 Å². The summed E-state index contributed by atoms with van der Waals surface area (Å²) in [6.07, 6.45) is 16.6. The van der Waals surface area contributed by atoms with Crippen LogP contribution in [-0.4, -0.2) is 83.8 Å². The van der Waals surface area contributed by atoms with E-state index in [4.69, 9.17) is 9.05 Å². The van der Waals surface area contributed by atoms with Crippen LogP contribution in [0.1, 0.15) is 142 Å². The molecule has 0 rings (SSSR count). The minimum atomic E-state index is -4.77. The van der Waals surface area contributed by atoms with E-state index in [0.717, 1.165) is 51.4 Å². The van der Waals surface area contributed by atoms with Crippen LogP contribution in [-0.2, 0) is 23.2 Å². The van der Waals surface area contributed by atoms with Crippen molar-refractivity contribution in [2.75, 3.05) is 40.9 Å². The number of likely N-dealkylation sites (N-methyl/N-ethyl adjacent to an activating group) is 1. The number of ketones is 2. The fraction of sp³-hybridized carbons (Fsp3) is 0.938. The summed E-state index contributed by atoms with van der Waals surface area (Å²) in [6.45, 7) is 3.67. The lowest BCUT2D eigenvalue weighted by molar-refractivity contribution is -0.870. The second kappa shape index (κ2) is 23.7. The summed E-state index contributed by atoms with van der Waals surface area (Å²) in [6, 6.07) is 0. The van der Waals surface area contributed by atoms with Crippen molar-refractivity contribution >= 4 is 19.4 Å². The number of phosphoric ester groups is 1. The van der Waals surface area contributed by atoms with Gasteiger partial charge in [-0.05, 0) is 12.8 Å². The Morgan fingerprint density at radius 2 is 1.07 bits per heavy atom. The van der Waals surface area contributed by atoms with Gasteiger partial charge in [-0.25, -0.2) is 4.57 Å². The van der Waals surface area contributed by atoms with Gasteiger partial charge in [-0.15, -0.1) is 0 Å². The molecule has 0 bridgehead atoms. The Morgan fingerprint density at radius 3 is 1.40 bits per heavy atom. The number of carbonyl (C=O) groups excluding carboxylic acids is 2. The van der Waals surface area contributed by atoms with Crippen molar-refractivity contribution < 1.29 is 42.8 Å². The monoisotopic (exact) mass is 622 g/mol. The first-order valence-electron chi connectivity index (χ1n) is 16.7. The normalized spacial score (nSPS) is 14.6. The lowest BCUT2D eigenvalue weighted by Crippen LogP contribution is -2.58. The maximum atomic E-state index is 13.3. The van der Waals surface area contributed by atoms with E-state index in [2.05, 4.69) is 13.8 Å². The van der Waals surface area contributed by atoms with Crippen LogP contribution in [0.2, 0.25) is 0 Å². The number of aliphatic hydroxyl groups is 2. The summed E-state index contributed by atoms with van der Waals surface area (Å²) >= 11 is 0. The molecule has 0 saturated heterocycles. The molecule has 0 aliphatic carbocycles. The summed E-state index contributed by atoms with van der Waals surface area (Å²) in [5.41, 5.74) is -2.71. The zero-order chi connectivity index (χ0) is 31.9. The zero-order valence-electron chi connectivity index (χ0n) is 27.6. The second-order valence-electron chi connectivity index (χ2n) is 12.9. The molecule has 0 aliphatic heterocycles. The molecule has 0 radical (unpaired) electrons. The van der Waals surface area contributed by atoms with Crippen molar-refractivity contribution in [3.63, 3.8) is 0 Å². The Bertz CT molecular complexity index is 721. The van der Waals surface area contributed by atoms with Crippen LogP contribution in [0.15, 0.2) is 0 Å². The van der Waals surface area contributed by atoms with Crippen molar-refractivity contribution in [3.05, 3.63) is 0 Å². The first kappa shape index (κ1) is 41.3. The molecule has 3 N–H and O–H groups in total. The number of rotatable bonds is 30. The van der Waals surface area contributed by atoms with Crippen LogP contribution in [0.3, 0.4) is 0 Å². The molecule has 0 aromatic heterocycles. The van der Waals surface area contributed by atoms with Crippen LogP contribution in [0.4, 0.5) is 0 Å². The molecule has 0 fully saturated rings. The minimum Gasteiger partial charge on any atom is -0.394 e. The second-order valence-corrected chi connectivity index (χ2v) is 14.3. The van der Waals surface area contributed by atoms with Crippen molar-refractivity contribution in [1.29, 1.82) is 0 Å². The van der Waals surface area contributed by atoms with Crippen LogP contribution in [0.5, 0.6) is 0 Å². The molecular formula is C32H65NO8P+. The SMILES string of the molecule is CCCCCCCCCCCC(=O)C(O)(C(=O)CCCCCCCCCCC)[C@H](CO)OP(=O)(O)OCC[N+](C)(C)C. The number of hydrogen-bond donors (Lipinski definition) is 3. The van der Waals surface area contributed by atoms with Gasteiger partial charge in [-0.2, -0.15) is 0 Å². The van der Waals surface area contributed by atoms with E-state index >= 15 is 0 Å². The van der Waals surface area contributed by atoms with Gasteiger partial charge in [0, 0.05) is 12.8 Å². The largest absolute Gasteiger partial charge is 0.472 e. The first-order valence-corrected chi connectivity index (χ1v) is 18.2. The number of Topliss-reactive ketones (excluding diaryl/α,β-unsaturated/α-hetero) is 2. The van der Waals surface area contributed by atoms with E-state index in [0.29, 0.717) is 23.9 Å². The molecule has 0 heterocycles. The third kappa shape index (κ3) is 19.6. The molecule has 2 atom stereocenters. The molecule has 42 heavy (non-hydrogen) atoms. The average Bonchev–Trinajstić information content (AvgIpc) is 2.92. The van der Waals surface area contributed by atoms with E-state index in [-0.39, 0.29) is 19.4 Å². The van der Waals surface area contributed by atoms with Gasteiger partial charge in [0.1, 0.15) is 19.3 Å². The Hall–Kier alpha value is -0.670. The fourth-order valence-electron chi connectivity index (χ4n) is 4.95. The van der Waals surface area contributed by atoms with Gasteiger partial charge in [0.25, 0.3) is 0 Å². The van der Waals surface area contributed by atoms with Gasteiger partial charge in [0.05, 0.1) is 27.7 Å². The van der Waals surface area contributed by atoms with Gasteiger partial charge < -0.3 is 19.6 Å². The first-order chi connectivity index (χ1) is 19.8. The van der Waals surface area contributed by atoms with Gasteiger partial charge in [0.15, 0.2) is 11.6 Å². The summed E-state index contributed by atoms with van der Waals surface area (Å²) < 4.78 is 23.3. The lowest BCUT2D eigenvalue weighted by atomic mass is 9.82. The molecule has 0 spiro atoms. The highest BCUT2D eigenvalue weighted by molar-refractivity contribution is 7.47. The van der Waals surface area contributed by atoms with E-state index in [1.165, 1.54) is 51.4 Å². The molecule has 0 amide bonds. The maximum absolute atomic E-state index is 13.3. The molecule has 9 nitrogen and oxygen atoms in total. The van der Waals surface area contributed by atoms with E-state index in [1.54, 1.807) is 0 Å². The fourth-order valence-corrected chi connectivity index (χ4v) is 5.87. The third-order valence-corrected chi connectivity index (χ3v) is 8.80. The predicted octanol–water partition coefficient (Wildman–Crippen LogP) is 6.90. The van der Waals surface area contributed by atoms with Crippen molar-refractivity contribution in [2.45, 2.75) is 154 Å². The summed E-state index contributed by atoms with van der Waals surface area (Å²) in [7, 11) is 0.894. The number of hydrogen-bond acceptors (Lipinski definition) is 7. The highest BCUT2D eigenvalue weighted by Gasteiger charge is 2.52. The lowest BCUT2D eigenvalue weighted by Gasteiger charge is -2.33. The maximum Gasteiger partial charge on any atom is 0.472 e. The quantitative estimate of drug-likeness (QED) is 0.0341.